The minimum absolute atomic E-state index is 0.0771. The highest BCUT2D eigenvalue weighted by atomic mass is 35.5. The molecular formula is C15H20ClN3. The summed E-state index contributed by atoms with van der Waals surface area (Å²) in [6, 6.07) is 10.5. The molecule has 0 saturated carbocycles. The summed E-state index contributed by atoms with van der Waals surface area (Å²) in [5, 5.41) is 9.89. The second-order valence-electron chi connectivity index (χ2n) is 5.00. The third-order valence-corrected chi connectivity index (χ3v) is 3.91. The van der Waals surface area contributed by atoms with Crippen LogP contribution >= 0.6 is 11.6 Å². The lowest BCUT2D eigenvalue weighted by atomic mass is 10.1. The van der Waals surface area contributed by atoms with Crippen LogP contribution in [0.15, 0.2) is 24.3 Å². The second kappa shape index (κ2) is 6.91. The van der Waals surface area contributed by atoms with Crippen LogP contribution in [-0.2, 0) is 6.54 Å². The molecule has 1 saturated heterocycles. The van der Waals surface area contributed by atoms with Gasteiger partial charge in [0, 0.05) is 37.7 Å². The quantitative estimate of drug-likeness (QED) is 0.848. The van der Waals surface area contributed by atoms with Gasteiger partial charge < -0.3 is 0 Å². The molecule has 0 amide bonds. The number of nitriles is 1. The van der Waals surface area contributed by atoms with E-state index < -0.39 is 0 Å². The van der Waals surface area contributed by atoms with E-state index in [1.165, 1.54) is 5.56 Å². The number of hydrogen-bond donors (Lipinski definition) is 0. The zero-order valence-corrected chi connectivity index (χ0v) is 12.1. The van der Waals surface area contributed by atoms with Crippen molar-refractivity contribution in [3.8, 4) is 6.07 Å². The Morgan fingerprint density at radius 3 is 2.63 bits per heavy atom. The number of halogens is 1. The van der Waals surface area contributed by atoms with Gasteiger partial charge in [-0.05, 0) is 24.1 Å². The molecule has 0 N–H and O–H groups in total. The van der Waals surface area contributed by atoms with Gasteiger partial charge in [0.1, 0.15) is 0 Å². The third kappa shape index (κ3) is 3.94. The van der Waals surface area contributed by atoms with Gasteiger partial charge in [0.15, 0.2) is 0 Å². The number of nitrogens with zero attached hydrogens (tertiary/aromatic N) is 3. The smallest absolute Gasteiger partial charge is 0.0976 e. The van der Waals surface area contributed by atoms with Crippen LogP contribution in [0.2, 0.25) is 5.02 Å². The predicted octanol–water partition coefficient (Wildman–Crippen LogP) is 2.76. The van der Waals surface area contributed by atoms with Gasteiger partial charge in [-0.25, -0.2) is 0 Å². The summed E-state index contributed by atoms with van der Waals surface area (Å²) < 4.78 is 0. The van der Waals surface area contributed by atoms with Gasteiger partial charge in [0.05, 0.1) is 12.1 Å². The van der Waals surface area contributed by atoms with Gasteiger partial charge in [-0.3, -0.25) is 9.80 Å². The van der Waals surface area contributed by atoms with E-state index in [1.807, 2.05) is 18.2 Å². The SMILES string of the molecule is CCC(C#N)N1CCN(Cc2cccc(Cl)c2)CC1. The minimum atomic E-state index is 0.0771. The van der Waals surface area contributed by atoms with Crippen LogP contribution in [0.5, 0.6) is 0 Å². The van der Waals surface area contributed by atoms with Crippen molar-refractivity contribution >= 4 is 11.6 Å². The maximum atomic E-state index is 9.09. The van der Waals surface area contributed by atoms with E-state index in [2.05, 4.69) is 28.9 Å². The molecule has 4 heteroatoms. The van der Waals surface area contributed by atoms with Crippen molar-refractivity contribution < 1.29 is 0 Å². The fourth-order valence-electron chi connectivity index (χ4n) is 2.56. The van der Waals surface area contributed by atoms with E-state index in [1.54, 1.807) is 0 Å². The lowest BCUT2D eigenvalue weighted by molar-refractivity contribution is 0.108. The Morgan fingerprint density at radius 2 is 2.05 bits per heavy atom. The molecule has 2 rings (SSSR count). The average molecular weight is 278 g/mol. The molecule has 1 unspecified atom stereocenters. The lowest BCUT2D eigenvalue weighted by Crippen LogP contribution is -2.49. The van der Waals surface area contributed by atoms with E-state index >= 15 is 0 Å². The summed E-state index contributed by atoms with van der Waals surface area (Å²) in [6.07, 6.45) is 0.908. The molecule has 1 aromatic carbocycles. The van der Waals surface area contributed by atoms with Crippen molar-refractivity contribution in [2.75, 3.05) is 26.2 Å². The number of benzene rings is 1. The van der Waals surface area contributed by atoms with Gasteiger partial charge >= 0.3 is 0 Å². The molecule has 1 heterocycles. The van der Waals surface area contributed by atoms with Crippen LogP contribution in [0, 0.1) is 11.3 Å². The largest absolute Gasteiger partial charge is 0.297 e. The zero-order chi connectivity index (χ0) is 13.7. The molecule has 1 aromatic rings. The van der Waals surface area contributed by atoms with Gasteiger partial charge in [-0.15, -0.1) is 0 Å². The maximum Gasteiger partial charge on any atom is 0.0976 e. The van der Waals surface area contributed by atoms with Crippen LogP contribution in [-0.4, -0.2) is 42.0 Å². The second-order valence-corrected chi connectivity index (χ2v) is 5.43. The highest BCUT2D eigenvalue weighted by molar-refractivity contribution is 6.30. The molecule has 102 valence electrons. The minimum Gasteiger partial charge on any atom is -0.297 e. The molecule has 0 aromatic heterocycles. The zero-order valence-electron chi connectivity index (χ0n) is 11.3. The van der Waals surface area contributed by atoms with E-state index in [-0.39, 0.29) is 6.04 Å². The van der Waals surface area contributed by atoms with Crippen molar-refractivity contribution in [1.82, 2.24) is 9.80 Å². The molecule has 0 spiro atoms. The predicted molar refractivity (Wildman–Crippen MR) is 78.0 cm³/mol. The molecular weight excluding hydrogens is 258 g/mol. The molecule has 0 radical (unpaired) electrons. The highest BCUT2D eigenvalue weighted by Gasteiger charge is 2.22. The first kappa shape index (κ1) is 14.3. The lowest BCUT2D eigenvalue weighted by Gasteiger charge is -2.36. The van der Waals surface area contributed by atoms with Crippen molar-refractivity contribution in [1.29, 1.82) is 5.26 Å². The first-order valence-corrected chi connectivity index (χ1v) is 7.21. The van der Waals surface area contributed by atoms with Gasteiger partial charge in [-0.1, -0.05) is 30.7 Å². The van der Waals surface area contributed by atoms with Crippen LogP contribution in [0.3, 0.4) is 0 Å². The number of rotatable bonds is 4. The average Bonchev–Trinajstić information content (AvgIpc) is 2.42. The normalized spacial score (nSPS) is 19.0. The Labute approximate surface area is 120 Å². The van der Waals surface area contributed by atoms with Crippen molar-refractivity contribution in [3.63, 3.8) is 0 Å². The molecule has 1 atom stereocenters. The summed E-state index contributed by atoms with van der Waals surface area (Å²) in [5.74, 6) is 0. The Bertz CT molecular complexity index is 447. The first-order valence-electron chi connectivity index (χ1n) is 6.83. The van der Waals surface area contributed by atoms with Gasteiger partial charge in [-0.2, -0.15) is 5.26 Å². The van der Waals surface area contributed by atoms with E-state index in [0.29, 0.717) is 0 Å². The number of piperazine rings is 1. The molecule has 1 aliphatic heterocycles. The van der Waals surface area contributed by atoms with Gasteiger partial charge in [0.25, 0.3) is 0 Å². The van der Waals surface area contributed by atoms with E-state index in [0.717, 1.165) is 44.2 Å². The van der Waals surface area contributed by atoms with Crippen molar-refractivity contribution in [2.24, 2.45) is 0 Å². The standard InChI is InChI=1S/C15H20ClN3/c1-2-15(11-17)19-8-6-18(7-9-19)12-13-4-3-5-14(16)10-13/h3-5,10,15H,2,6-9,12H2,1H3. The van der Waals surface area contributed by atoms with Crippen molar-refractivity contribution in [3.05, 3.63) is 34.9 Å². The molecule has 0 aliphatic carbocycles. The van der Waals surface area contributed by atoms with Crippen LogP contribution in [0.25, 0.3) is 0 Å². The Kier molecular flexibility index (Phi) is 5.21. The van der Waals surface area contributed by atoms with Gasteiger partial charge in [0.2, 0.25) is 0 Å². The van der Waals surface area contributed by atoms with Crippen LogP contribution < -0.4 is 0 Å². The summed E-state index contributed by atoms with van der Waals surface area (Å²) in [6.45, 7) is 7.01. The topological polar surface area (TPSA) is 30.3 Å². The monoisotopic (exact) mass is 277 g/mol. The molecule has 3 nitrogen and oxygen atoms in total. The Morgan fingerprint density at radius 1 is 1.32 bits per heavy atom. The fraction of sp³-hybridized carbons (Fsp3) is 0.533. The summed E-state index contributed by atoms with van der Waals surface area (Å²) >= 11 is 6.00. The Hall–Kier alpha value is -1.08. The fourth-order valence-corrected chi connectivity index (χ4v) is 2.77. The molecule has 1 fully saturated rings. The molecule has 1 aliphatic rings. The maximum absolute atomic E-state index is 9.09. The number of hydrogen-bond acceptors (Lipinski definition) is 3. The van der Waals surface area contributed by atoms with E-state index in [9.17, 15) is 0 Å². The Balaban J connectivity index is 1.85. The van der Waals surface area contributed by atoms with Crippen LogP contribution in [0.1, 0.15) is 18.9 Å². The van der Waals surface area contributed by atoms with Crippen molar-refractivity contribution in [2.45, 2.75) is 25.9 Å². The summed E-state index contributed by atoms with van der Waals surface area (Å²) in [7, 11) is 0. The first-order chi connectivity index (χ1) is 9.22. The highest BCUT2D eigenvalue weighted by Crippen LogP contribution is 2.15. The summed E-state index contributed by atoms with van der Waals surface area (Å²) in [5.41, 5.74) is 1.26. The third-order valence-electron chi connectivity index (χ3n) is 3.68. The van der Waals surface area contributed by atoms with E-state index in [4.69, 9.17) is 16.9 Å². The molecule has 19 heavy (non-hydrogen) atoms. The summed E-state index contributed by atoms with van der Waals surface area (Å²) in [4.78, 5) is 4.71. The molecule has 0 bridgehead atoms. The van der Waals surface area contributed by atoms with Crippen LogP contribution in [0.4, 0.5) is 0 Å².